The molecule has 1 aromatic heterocycles. The molecule has 0 bridgehead atoms. The molecule has 2 aliphatic heterocycles. The normalized spacial score (nSPS) is 21.4. The SMILES string of the molecule is Oc1cc2sc(-c3ccc(OCCN4CCCC4)cc3)c(Cc3ccc(OC4CCCCC4N4CCCCC4)cc3)c2cc1F. The van der Waals surface area contributed by atoms with E-state index in [4.69, 9.17) is 9.47 Å². The first-order valence-electron chi connectivity index (χ1n) is 17.0. The van der Waals surface area contributed by atoms with E-state index in [-0.39, 0.29) is 11.9 Å². The number of benzene rings is 3. The molecule has 7 rings (SSSR count). The second-order valence-corrected chi connectivity index (χ2v) is 14.1. The van der Waals surface area contributed by atoms with Crippen molar-refractivity contribution in [1.29, 1.82) is 0 Å². The third-order valence-corrected chi connectivity index (χ3v) is 11.2. The molecular formula is C38H45FN2O3S. The third kappa shape index (κ3) is 7.16. The average molecular weight is 629 g/mol. The fourth-order valence-electron chi connectivity index (χ4n) is 7.51. The van der Waals surface area contributed by atoms with Crippen LogP contribution in [0.1, 0.15) is 68.9 Å². The number of thiophene rings is 1. The van der Waals surface area contributed by atoms with Crippen LogP contribution >= 0.6 is 11.3 Å². The van der Waals surface area contributed by atoms with Gasteiger partial charge in [0.1, 0.15) is 24.2 Å². The summed E-state index contributed by atoms with van der Waals surface area (Å²) in [5.41, 5.74) is 3.29. The van der Waals surface area contributed by atoms with Crippen molar-refractivity contribution >= 4 is 21.4 Å². The molecule has 1 N–H and O–H groups in total. The summed E-state index contributed by atoms with van der Waals surface area (Å²) in [4.78, 5) is 6.22. The molecule has 2 unspecified atom stereocenters. The van der Waals surface area contributed by atoms with Crippen molar-refractivity contribution in [2.45, 2.75) is 76.4 Å². The van der Waals surface area contributed by atoms with Crippen LogP contribution in [0.15, 0.2) is 60.7 Å². The summed E-state index contributed by atoms with van der Waals surface area (Å²) in [6.07, 6.45) is 12.3. The molecule has 238 valence electrons. The zero-order valence-electron chi connectivity index (χ0n) is 26.2. The van der Waals surface area contributed by atoms with Gasteiger partial charge in [-0.2, -0.15) is 0 Å². The Labute approximate surface area is 270 Å². The lowest BCUT2D eigenvalue weighted by Crippen LogP contribution is -2.49. The summed E-state index contributed by atoms with van der Waals surface area (Å²) in [5, 5.41) is 11.0. The van der Waals surface area contributed by atoms with Crippen molar-refractivity contribution in [2.75, 3.05) is 39.3 Å². The molecule has 45 heavy (non-hydrogen) atoms. The Kier molecular flexibility index (Phi) is 9.57. The smallest absolute Gasteiger partial charge is 0.165 e. The van der Waals surface area contributed by atoms with Crippen LogP contribution in [0, 0.1) is 5.82 Å². The van der Waals surface area contributed by atoms with Crippen LogP contribution in [0.25, 0.3) is 20.5 Å². The van der Waals surface area contributed by atoms with E-state index in [9.17, 15) is 9.50 Å². The van der Waals surface area contributed by atoms with E-state index < -0.39 is 5.82 Å². The fourth-order valence-corrected chi connectivity index (χ4v) is 8.76. The van der Waals surface area contributed by atoms with E-state index in [0.29, 0.717) is 19.1 Å². The highest BCUT2D eigenvalue weighted by atomic mass is 32.1. The molecule has 3 aliphatic rings. The Morgan fingerprint density at radius 3 is 2.29 bits per heavy atom. The summed E-state index contributed by atoms with van der Waals surface area (Å²) in [6, 6.07) is 20.3. The first-order chi connectivity index (χ1) is 22.1. The van der Waals surface area contributed by atoms with Gasteiger partial charge in [0.05, 0.1) is 0 Å². The van der Waals surface area contributed by atoms with Crippen LogP contribution in [-0.2, 0) is 6.42 Å². The van der Waals surface area contributed by atoms with Crippen molar-refractivity contribution in [2.24, 2.45) is 0 Å². The zero-order chi connectivity index (χ0) is 30.6. The molecule has 3 fully saturated rings. The molecule has 7 heteroatoms. The highest BCUT2D eigenvalue weighted by Gasteiger charge is 2.32. The number of hydrogen-bond acceptors (Lipinski definition) is 6. The van der Waals surface area contributed by atoms with Gasteiger partial charge < -0.3 is 14.6 Å². The number of aromatic hydroxyl groups is 1. The Bertz CT molecular complexity index is 1560. The highest BCUT2D eigenvalue weighted by molar-refractivity contribution is 7.22. The minimum Gasteiger partial charge on any atom is -0.505 e. The molecule has 0 amide bonds. The summed E-state index contributed by atoms with van der Waals surface area (Å²) in [6.45, 7) is 6.39. The van der Waals surface area contributed by atoms with Crippen molar-refractivity contribution in [3.05, 3.63) is 77.6 Å². The van der Waals surface area contributed by atoms with Gasteiger partial charge in [0.15, 0.2) is 11.6 Å². The number of phenols is 1. The fraction of sp³-hybridized carbons (Fsp3) is 0.474. The van der Waals surface area contributed by atoms with Crippen molar-refractivity contribution in [1.82, 2.24) is 9.80 Å². The lowest BCUT2D eigenvalue weighted by molar-refractivity contribution is 0.0261. The first kappa shape index (κ1) is 30.5. The van der Waals surface area contributed by atoms with Gasteiger partial charge in [-0.05, 0) is 142 Å². The number of nitrogens with zero attached hydrogens (tertiary/aromatic N) is 2. The second-order valence-electron chi connectivity index (χ2n) is 13.1. The Hall–Kier alpha value is -3.13. The van der Waals surface area contributed by atoms with E-state index in [1.54, 1.807) is 17.4 Å². The topological polar surface area (TPSA) is 45.2 Å². The average Bonchev–Trinajstić information content (AvgIpc) is 3.71. The minimum atomic E-state index is -0.589. The van der Waals surface area contributed by atoms with Gasteiger partial charge in [0.25, 0.3) is 0 Å². The molecular weight excluding hydrogens is 583 g/mol. The molecule has 1 saturated carbocycles. The molecule has 2 saturated heterocycles. The quantitative estimate of drug-likeness (QED) is 0.190. The van der Waals surface area contributed by atoms with Gasteiger partial charge in [-0.1, -0.05) is 25.0 Å². The van der Waals surface area contributed by atoms with Gasteiger partial charge >= 0.3 is 0 Å². The van der Waals surface area contributed by atoms with E-state index in [1.165, 1.54) is 83.6 Å². The number of hydrogen-bond donors (Lipinski definition) is 1. The van der Waals surface area contributed by atoms with Crippen LogP contribution in [0.2, 0.25) is 0 Å². The molecule has 4 aromatic rings. The number of piperidine rings is 1. The van der Waals surface area contributed by atoms with Gasteiger partial charge in [0.2, 0.25) is 0 Å². The minimum absolute atomic E-state index is 0.248. The van der Waals surface area contributed by atoms with Crippen molar-refractivity contribution in [3.8, 4) is 27.7 Å². The maximum absolute atomic E-state index is 14.6. The van der Waals surface area contributed by atoms with Crippen LogP contribution in [0.4, 0.5) is 4.39 Å². The highest BCUT2D eigenvalue weighted by Crippen LogP contribution is 2.42. The lowest BCUT2D eigenvalue weighted by atomic mass is 9.90. The van der Waals surface area contributed by atoms with Crippen LogP contribution in [0.3, 0.4) is 0 Å². The summed E-state index contributed by atoms with van der Waals surface area (Å²) >= 11 is 1.60. The molecule has 1 aliphatic carbocycles. The van der Waals surface area contributed by atoms with E-state index >= 15 is 0 Å². The van der Waals surface area contributed by atoms with Crippen molar-refractivity contribution < 1.29 is 19.0 Å². The Balaban J connectivity index is 1.08. The standard InChI is InChI=1S/C38H45FN2O3S/c39-33-25-31-32(24-27-10-14-30(15-11-27)44-36-9-3-2-8-34(36)41-20-4-1-5-21-41)38(45-37(31)26-35(33)42)28-12-16-29(17-13-28)43-23-22-40-18-6-7-19-40/h10-17,25-26,34,36,42H,1-9,18-24H2. The van der Waals surface area contributed by atoms with Crippen LogP contribution in [-0.4, -0.2) is 66.4 Å². The summed E-state index contributed by atoms with van der Waals surface area (Å²) < 4.78 is 28.2. The third-order valence-electron chi connectivity index (χ3n) is 9.97. The van der Waals surface area contributed by atoms with E-state index in [1.807, 2.05) is 12.1 Å². The molecule has 3 heterocycles. The van der Waals surface area contributed by atoms with Gasteiger partial charge in [0, 0.05) is 28.2 Å². The number of likely N-dealkylation sites (tertiary alicyclic amines) is 2. The van der Waals surface area contributed by atoms with Gasteiger partial charge in [-0.3, -0.25) is 9.80 Å². The lowest BCUT2D eigenvalue weighted by Gasteiger charge is -2.41. The molecule has 0 spiro atoms. The molecule has 0 radical (unpaired) electrons. The maximum Gasteiger partial charge on any atom is 0.165 e. The van der Waals surface area contributed by atoms with Gasteiger partial charge in [-0.25, -0.2) is 4.39 Å². The molecule has 3 aromatic carbocycles. The number of phenolic OH excluding ortho intramolecular Hbond substituents is 1. The largest absolute Gasteiger partial charge is 0.505 e. The van der Waals surface area contributed by atoms with Crippen LogP contribution < -0.4 is 9.47 Å². The summed E-state index contributed by atoms with van der Waals surface area (Å²) in [5.74, 6) is 0.893. The number of rotatable bonds is 10. The Morgan fingerprint density at radius 2 is 1.51 bits per heavy atom. The molecule has 5 nitrogen and oxygen atoms in total. The first-order valence-corrected chi connectivity index (χ1v) is 17.8. The number of halogens is 1. The number of ether oxygens (including phenoxy) is 2. The van der Waals surface area contributed by atoms with Gasteiger partial charge in [-0.15, -0.1) is 11.3 Å². The monoisotopic (exact) mass is 628 g/mol. The van der Waals surface area contributed by atoms with Crippen LogP contribution in [0.5, 0.6) is 17.2 Å². The maximum atomic E-state index is 14.6. The van der Waals surface area contributed by atoms with E-state index in [0.717, 1.165) is 56.1 Å². The molecule has 2 atom stereocenters. The number of fused-ring (bicyclic) bond motifs is 1. The predicted molar refractivity (Wildman–Crippen MR) is 181 cm³/mol. The Morgan fingerprint density at radius 1 is 0.800 bits per heavy atom. The van der Waals surface area contributed by atoms with E-state index in [2.05, 4.69) is 46.2 Å². The second kappa shape index (κ2) is 14.1. The zero-order valence-corrected chi connectivity index (χ0v) is 27.0. The predicted octanol–water partition coefficient (Wildman–Crippen LogP) is 8.65. The van der Waals surface area contributed by atoms with Crippen molar-refractivity contribution in [3.63, 3.8) is 0 Å². The summed E-state index contributed by atoms with van der Waals surface area (Å²) in [7, 11) is 0.